The van der Waals surface area contributed by atoms with Crippen LogP contribution in [0.5, 0.6) is 0 Å². The summed E-state index contributed by atoms with van der Waals surface area (Å²) in [4.78, 5) is 26.9. The number of nitrogens with zero attached hydrogens (tertiary/aromatic N) is 2. The van der Waals surface area contributed by atoms with E-state index in [0.717, 1.165) is 0 Å². The van der Waals surface area contributed by atoms with Gasteiger partial charge in [-0.3, -0.25) is 9.59 Å². The molecule has 2 amide bonds. The van der Waals surface area contributed by atoms with Crippen molar-refractivity contribution < 1.29 is 27.2 Å². The van der Waals surface area contributed by atoms with Crippen molar-refractivity contribution >= 4 is 11.8 Å². The summed E-state index contributed by atoms with van der Waals surface area (Å²) in [6.07, 6.45) is -4.72. The molecule has 142 valence electrons. The molecule has 9 heteroatoms. The molecule has 26 heavy (non-hydrogen) atoms. The summed E-state index contributed by atoms with van der Waals surface area (Å²) in [6.45, 7) is -0.280. The molecule has 3 rings (SSSR count). The maximum atomic E-state index is 13.5. The lowest BCUT2D eigenvalue weighted by Crippen LogP contribution is -2.50. The van der Waals surface area contributed by atoms with Crippen molar-refractivity contribution in [1.82, 2.24) is 15.1 Å². The summed E-state index contributed by atoms with van der Waals surface area (Å²) in [5.74, 6) is -2.26. The molecule has 2 fully saturated rings. The molecular formula is C17H19F4N3O2. The second kappa shape index (κ2) is 7.22. The standard InChI is InChI=1S/C17H19F4N3O2/c18-13-3-1-2-11(6-13)14-8-22-4-5-24(14)16(26)12-7-15(25)23(9-12)10-17(19,20)21/h1-3,6,12,14,22H,4-5,7-10H2. The van der Waals surface area contributed by atoms with Gasteiger partial charge >= 0.3 is 6.18 Å². The maximum absolute atomic E-state index is 13.5. The topological polar surface area (TPSA) is 52.7 Å². The molecular weight excluding hydrogens is 354 g/mol. The minimum atomic E-state index is -4.49. The minimum Gasteiger partial charge on any atom is -0.333 e. The van der Waals surface area contributed by atoms with Gasteiger partial charge in [0.1, 0.15) is 12.4 Å². The smallest absolute Gasteiger partial charge is 0.333 e. The van der Waals surface area contributed by atoms with E-state index >= 15 is 0 Å². The van der Waals surface area contributed by atoms with Crippen molar-refractivity contribution in [1.29, 1.82) is 0 Å². The van der Waals surface area contributed by atoms with Crippen LogP contribution in [0.4, 0.5) is 17.6 Å². The van der Waals surface area contributed by atoms with Crippen LogP contribution < -0.4 is 5.32 Å². The Morgan fingerprint density at radius 3 is 2.77 bits per heavy atom. The molecule has 0 aliphatic carbocycles. The highest BCUT2D eigenvalue weighted by Crippen LogP contribution is 2.29. The van der Waals surface area contributed by atoms with Crippen LogP contribution in [-0.4, -0.2) is 60.5 Å². The van der Waals surface area contributed by atoms with Crippen LogP contribution in [0.2, 0.25) is 0 Å². The summed E-state index contributed by atoms with van der Waals surface area (Å²) >= 11 is 0. The van der Waals surface area contributed by atoms with E-state index in [2.05, 4.69) is 5.32 Å². The number of carbonyl (C=O) groups excluding carboxylic acids is 2. The Bertz CT molecular complexity index is 695. The number of hydrogen-bond donors (Lipinski definition) is 1. The molecule has 0 spiro atoms. The van der Waals surface area contributed by atoms with Gasteiger partial charge in [0.25, 0.3) is 0 Å². The zero-order valence-corrected chi connectivity index (χ0v) is 13.9. The van der Waals surface area contributed by atoms with E-state index < -0.39 is 36.4 Å². The lowest BCUT2D eigenvalue weighted by Gasteiger charge is -2.38. The van der Waals surface area contributed by atoms with Gasteiger partial charge in [0.2, 0.25) is 11.8 Å². The molecule has 2 aliphatic heterocycles. The van der Waals surface area contributed by atoms with Crippen LogP contribution in [0.25, 0.3) is 0 Å². The molecule has 2 saturated heterocycles. The second-order valence-electron chi connectivity index (χ2n) is 6.60. The highest BCUT2D eigenvalue weighted by Gasteiger charge is 2.43. The zero-order valence-electron chi connectivity index (χ0n) is 13.9. The molecule has 2 aliphatic rings. The van der Waals surface area contributed by atoms with E-state index in [1.165, 1.54) is 12.1 Å². The molecule has 2 heterocycles. The summed E-state index contributed by atoms with van der Waals surface area (Å²) in [6, 6.07) is 5.48. The van der Waals surface area contributed by atoms with E-state index in [1.54, 1.807) is 17.0 Å². The average Bonchev–Trinajstić information content (AvgIpc) is 2.93. The third kappa shape index (κ3) is 4.14. The molecule has 0 bridgehead atoms. The number of benzene rings is 1. The van der Waals surface area contributed by atoms with Gasteiger partial charge in [-0.15, -0.1) is 0 Å². The lowest BCUT2D eigenvalue weighted by atomic mass is 9.99. The van der Waals surface area contributed by atoms with Crippen LogP contribution in [0.15, 0.2) is 24.3 Å². The molecule has 2 unspecified atom stereocenters. The summed E-state index contributed by atoms with van der Waals surface area (Å²) in [5, 5.41) is 3.13. The lowest BCUT2D eigenvalue weighted by molar-refractivity contribution is -0.157. The predicted octanol–water partition coefficient (Wildman–Crippen LogP) is 1.71. The van der Waals surface area contributed by atoms with Crippen LogP contribution >= 0.6 is 0 Å². The van der Waals surface area contributed by atoms with E-state index in [1.807, 2.05) is 0 Å². The normalized spacial score (nSPS) is 24.2. The largest absolute Gasteiger partial charge is 0.406 e. The number of amides is 2. The number of hydrogen-bond acceptors (Lipinski definition) is 3. The van der Waals surface area contributed by atoms with Gasteiger partial charge < -0.3 is 15.1 Å². The monoisotopic (exact) mass is 373 g/mol. The number of rotatable bonds is 3. The van der Waals surface area contributed by atoms with Crippen LogP contribution in [0.1, 0.15) is 18.0 Å². The number of nitrogens with one attached hydrogen (secondary N) is 1. The minimum absolute atomic E-state index is 0.227. The highest BCUT2D eigenvalue weighted by molar-refractivity contribution is 5.89. The van der Waals surface area contributed by atoms with E-state index in [-0.39, 0.29) is 18.9 Å². The number of alkyl halides is 3. The number of piperazine rings is 1. The van der Waals surface area contributed by atoms with Crippen molar-refractivity contribution in [3.05, 3.63) is 35.6 Å². The van der Waals surface area contributed by atoms with E-state index in [4.69, 9.17) is 0 Å². The maximum Gasteiger partial charge on any atom is 0.406 e. The number of halogens is 4. The first-order valence-electron chi connectivity index (χ1n) is 8.36. The van der Waals surface area contributed by atoms with Crippen molar-refractivity contribution in [3.63, 3.8) is 0 Å². The molecule has 0 radical (unpaired) electrons. The van der Waals surface area contributed by atoms with Crippen molar-refractivity contribution in [2.45, 2.75) is 18.6 Å². The van der Waals surface area contributed by atoms with Gasteiger partial charge in [0.15, 0.2) is 0 Å². The fourth-order valence-corrected chi connectivity index (χ4v) is 3.52. The first-order valence-corrected chi connectivity index (χ1v) is 8.36. The van der Waals surface area contributed by atoms with Gasteiger partial charge in [0, 0.05) is 32.6 Å². The summed E-state index contributed by atoms with van der Waals surface area (Å²) < 4.78 is 51.2. The highest BCUT2D eigenvalue weighted by atomic mass is 19.4. The Morgan fingerprint density at radius 2 is 2.08 bits per heavy atom. The molecule has 2 atom stereocenters. The van der Waals surface area contributed by atoms with Gasteiger partial charge in [-0.2, -0.15) is 13.2 Å². The van der Waals surface area contributed by atoms with Crippen molar-refractivity contribution in [2.24, 2.45) is 5.92 Å². The third-order valence-electron chi connectivity index (χ3n) is 4.69. The van der Waals surface area contributed by atoms with Gasteiger partial charge in [-0.1, -0.05) is 12.1 Å². The molecule has 0 saturated carbocycles. The van der Waals surface area contributed by atoms with Crippen LogP contribution in [0.3, 0.4) is 0 Å². The van der Waals surface area contributed by atoms with Gasteiger partial charge in [-0.05, 0) is 17.7 Å². The first-order chi connectivity index (χ1) is 12.2. The third-order valence-corrected chi connectivity index (χ3v) is 4.69. The van der Waals surface area contributed by atoms with E-state index in [9.17, 15) is 27.2 Å². The Balaban J connectivity index is 1.74. The molecule has 0 aromatic heterocycles. The SMILES string of the molecule is O=C1CC(C(=O)N2CCNCC2c2cccc(F)c2)CN1CC(F)(F)F. The Kier molecular flexibility index (Phi) is 5.17. The zero-order chi connectivity index (χ0) is 18.9. The van der Waals surface area contributed by atoms with Crippen molar-refractivity contribution in [2.75, 3.05) is 32.7 Å². The quantitative estimate of drug-likeness (QED) is 0.821. The molecule has 1 aromatic rings. The van der Waals surface area contributed by atoms with Gasteiger partial charge in [-0.25, -0.2) is 4.39 Å². The first kappa shape index (κ1) is 18.6. The number of likely N-dealkylation sites (tertiary alicyclic amines) is 1. The average molecular weight is 373 g/mol. The second-order valence-corrected chi connectivity index (χ2v) is 6.60. The van der Waals surface area contributed by atoms with Crippen LogP contribution in [-0.2, 0) is 9.59 Å². The fraction of sp³-hybridized carbons (Fsp3) is 0.529. The molecule has 5 nitrogen and oxygen atoms in total. The van der Waals surface area contributed by atoms with Crippen molar-refractivity contribution in [3.8, 4) is 0 Å². The Hall–Kier alpha value is -2.16. The molecule has 1 aromatic carbocycles. The summed E-state index contributed by atoms with van der Waals surface area (Å²) in [5.41, 5.74) is 0.613. The summed E-state index contributed by atoms with van der Waals surface area (Å²) in [7, 11) is 0. The van der Waals surface area contributed by atoms with Crippen LogP contribution in [0, 0.1) is 11.7 Å². The fourth-order valence-electron chi connectivity index (χ4n) is 3.52. The molecule has 1 N–H and O–H groups in total. The van der Waals surface area contributed by atoms with Gasteiger partial charge in [0.05, 0.1) is 12.0 Å². The van der Waals surface area contributed by atoms with E-state index in [0.29, 0.717) is 30.1 Å². The Labute approximate surface area is 147 Å². The predicted molar refractivity (Wildman–Crippen MR) is 84.5 cm³/mol. The Morgan fingerprint density at radius 1 is 1.31 bits per heavy atom. The number of carbonyl (C=O) groups is 2.